The number of ether oxygens (including phenoxy) is 2. The van der Waals surface area contributed by atoms with Crippen LogP contribution in [0.3, 0.4) is 0 Å². The maximum Gasteiger partial charge on any atom is 0.292 e. The molecule has 0 radical (unpaired) electrons. The van der Waals surface area contributed by atoms with Gasteiger partial charge >= 0.3 is 0 Å². The van der Waals surface area contributed by atoms with Crippen LogP contribution in [0.5, 0.6) is 11.5 Å². The summed E-state index contributed by atoms with van der Waals surface area (Å²) in [7, 11) is 0. The van der Waals surface area contributed by atoms with Crippen LogP contribution in [0.4, 0.5) is 0 Å². The first kappa shape index (κ1) is 15.1. The molecule has 2 aliphatic rings. The summed E-state index contributed by atoms with van der Waals surface area (Å²) in [6.45, 7) is 3.97. The van der Waals surface area contributed by atoms with Gasteiger partial charge in [0.25, 0.3) is 5.91 Å². The number of nitrogens with zero attached hydrogens (tertiary/aromatic N) is 2. The van der Waals surface area contributed by atoms with E-state index in [9.17, 15) is 4.79 Å². The van der Waals surface area contributed by atoms with Gasteiger partial charge in [0.1, 0.15) is 0 Å². The average molecular weight is 328 g/mol. The average Bonchev–Trinajstić information content (AvgIpc) is 3.33. The molecule has 6 heteroatoms. The van der Waals surface area contributed by atoms with Crippen LogP contribution in [-0.4, -0.2) is 35.8 Å². The molecule has 4 rings (SSSR count). The number of aromatic nitrogens is 1. The van der Waals surface area contributed by atoms with Gasteiger partial charge in [-0.3, -0.25) is 4.79 Å². The Morgan fingerprint density at radius 1 is 1.21 bits per heavy atom. The maximum absolute atomic E-state index is 12.3. The molecule has 3 heterocycles. The zero-order valence-corrected chi connectivity index (χ0v) is 13.7. The Balaban J connectivity index is 1.45. The van der Waals surface area contributed by atoms with Crippen molar-refractivity contribution >= 4 is 5.91 Å². The van der Waals surface area contributed by atoms with E-state index in [1.54, 1.807) is 6.07 Å². The van der Waals surface area contributed by atoms with Gasteiger partial charge in [-0.1, -0.05) is 18.1 Å². The molecule has 2 aromatic rings. The van der Waals surface area contributed by atoms with Crippen molar-refractivity contribution in [1.82, 2.24) is 10.1 Å². The molecular weight excluding hydrogens is 308 g/mol. The number of benzene rings is 1. The summed E-state index contributed by atoms with van der Waals surface area (Å²) in [4.78, 5) is 14.2. The summed E-state index contributed by atoms with van der Waals surface area (Å²) in [6, 6.07) is 7.73. The lowest BCUT2D eigenvalue weighted by atomic mass is 9.97. The third-order valence-corrected chi connectivity index (χ3v) is 4.62. The molecule has 0 N–H and O–H groups in total. The summed E-state index contributed by atoms with van der Waals surface area (Å²) in [6.07, 6.45) is 2.92. The topological polar surface area (TPSA) is 64.8 Å². The fraction of sp³-hybridized carbons (Fsp3) is 0.444. The first-order chi connectivity index (χ1) is 11.7. The molecule has 1 fully saturated rings. The molecule has 0 unspecified atom stereocenters. The summed E-state index contributed by atoms with van der Waals surface area (Å²) in [5.41, 5.74) is 1.94. The highest BCUT2D eigenvalue weighted by atomic mass is 16.7. The van der Waals surface area contributed by atoms with E-state index in [-0.39, 0.29) is 18.6 Å². The summed E-state index contributed by atoms with van der Waals surface area (Å²) >= 11 is 0. The van der Waals surface area contributed by atoms with E-state index in [2.05, 4.69) is 12.1 Å². The zero-order chi connectivity index (χ0) is 16.5. The Labute approximate surface area is 140 Å². The van der Waals surface area contributed by atoms with Gasteiger partial charge in [0.05, 0.1) is 5.69 Å². The van der Waals surface area contributed by atoms with Crippen LogP contribution < -0.4 is 9.47 Å². The number of carbonyl (C=O) groups is 1. The van der Waals surface area contributed by atoms with E-state index in [1.807, 2.05) is 23.1 Å². The molecule has 1 aromatic carbocycles. The summed E-state index contributed by atoms with van der Waals surface area (Å²) in [5, 5.41) is 4.10. The summed E-state index contributed by atoms with van der Waals surface area (Å²) < 4.78 is 16.0. The first-order valence-electron chi connectivity index (χ1n) is 8.35. The SMILES string of the molecule is C[C@@H](Cc1ccc2c(c1)OCO2)c1cc(C(=O)N2CCCC2)on1. The molecule has 6 nitrogen and oxygen atoms in total. The number of likely N-dealkylation sites (tertiary alicyclic amines) is 1. The van der Waals surface area contributed by atoms with Crippen molar-refractivity contribution in [2.75, 3.05) is 19.9 Å². The van der Waals surface area contributed by atoms with Gasteiger partial charge in [0.15, 0.2) is 11.5 Å². The summed E-state index contributed by atoms with van der Waals surface area (Å²) in [5.74, 6) is 2.00. The van der Waals surface area contributed by atoms with Gasteiger partial charge in [-0.15, -0.1) is 0 Å². The predicted octanol–water partition coefficient (Wildman–Crippen LogP) is 2.99. The van der Waals surface area contributed by atoms with Crippen LogP contribution in [0.2, 0.25) is 0 Å². The third kappa shape index (κ3) is 2.84. The molecule has 1 aromatic heterocycles. The largest absolute Gasteiger partial charge is 0.454 e. The molecule has 1 amide bonds. The van der Waals surface area contributed by atoms with Gasteiger partial charge in [0.2, 0.25) is 12.6 Å². The van der Waals surface area contributed by atoms with Crippen molar-refractivity contribution in [1.29, 1.82) is 0 Å². The highest BCUT2D eigenvalue weighted by molar-refractivity contribution is 5.91. The minimum Gasteiger partial charge on any atom is -0.454 e. The lowest BCUT2D eigenvalue weighted by Crippen LogP contribution is -2.27. The van der Waals surface area contributed by atoms with Gasteiger partial charge in [0, 0.05) is 25.1 Å². The zero-order valence-electron chi connectivity index (χ0n) is 13.7. The Hall–Kier alpha value is -2.50. The van der Waals surface area contributed by atoms with Crippen LogP contribution >= 0.6 is 0 Å². The lowest BCUT2D eigenvalue weighted by molar-refractivity contribution is 0.0751. The number of hydrogen-bond donors (Lipinski definition) is 0. The van der Waals surface area contributed by atoms with Crippen molar-refractivity contribution in [3.63, 3.8) is 0 Å². The van der Waals surface area contributed by atoms with E-state index in [0.717, 1.165) is 55.1 Å². The molecule has 24 heavy (non-hydrogen) atoms. The molecule has 0 saturated carbocycles. The highest BCUT2D eigenvalue weighted by Gasteiger charge is 2.24. The molecule has 0 spiro atoms. The number of carbonyl (C=O) groups excluding carboxylic acids is 1. The van der Waals surface area contributed by atoms with Crippen molar-refractivity contribution in [3.8, 4) is 11.5 Å². The Kier molecular flexibility index (Phi) is 3.88. The molecule has 1 saturated heterocycles. The van der Waals surface area contributed by atoms with E-state index in [4.69, 9.17) is 14.0 Å². The maximum atomic E-state index is 12.3. The minimum atomic E-state index is -0.0541. The van der Waals surface area contributed by atoms with Crippen molar-refractivity contribution in [2.24, 2.45) is 0 Å². The number of hydrogen-bond acceptors (Lipinski definition) is 5. The Morgan fingerprint density at radius 2 is 2.00 bits per heavy atom. The fourth-order valence-electron chi connectivity index (χ4n) is 3.22. The minimum absolute atomic E-state index is 0.0541. The smallest absolute Gasteiger partial charge is 0.292 e. The molecule has 2 aliphatic heterocycles. The van der Waals surface area contributed by atoms with Crippen molar-refractivity contribution < 1.29 is 18.8 Å². The molecule has 0 aliphatic carbocycles. The fourth-order valence-corrected chi connectivity index (χ4v) is 3.22. The van der Waals surface area contributed by atoms with E-state index in [0.29, 0.717) is 5.76 Å². The molecular formula is C18H20N2O4. The van der Waals surface area contributed by atoms with E-state index < -0.39 is 0 Å². The molecule has 1 atom stereocenters. The predicted molar refractivity (Wildman–Crippen MR) is 86.3 cm³/mol. The van der Waals surface area contributed by atoms with Crippen LogP contribution in [-0.2, 0) is 6.42 Å². The number of rotatable bonds is 4. The van der Waals surface area contributed by atoms with Gasteiger partial charge in [-0.05, 0) is 37.0 Å². The Morgan fingerprint density at radius 3 is 2.83 bits per heavy atom. The standard InChI is InChI=1S/C18H20N2O4/c1-12(8-13-4-5-15-16(9-13)23-11-22-15)14-10-17(24-19-14)18(21)20-6-2-3-7-20/h4-5,9-10,12H,2-3,6-8,11H2,1H3/t12-/m0/s1. The number of amides is 1. The second-order valence-electron chi connectivity index (χ2n) is 6.41. The van der Waals surface area contributed by atoms with Gasteiger partial charge in [-0.25, -0.2) is 0 Å². The highest BCUT2D eigenvalue weighted by Crippen LogP contribution is 2.34. The van der Waals surface area contributed by atoms with Crippen molar-refractivity contribution in [2.45, 2.75) is 32.1 Å². The normalized spacial score (nSPS) is 17.3. The lowest BCUT2D eigenvalue weighted by Gasteiger charge is -2.12. The third-order valence-electron chi connectivity index (χ3n) is 4.62. The van der Waals surface area contributed by atoms with Crippen LogP contribution in [0, 0.1) is 0 Å². The van der Waals surface area contributed by atoms with Crippen LogP contribution in [0.15, 0.2) is 28.8 Å². The quantitative estimate of drug-likeness (QED) is 0.863. The molecule has 126 valence electrons. The second kappa shape index (κ2) is 6.19. The Bertz CT molecular complexity index is 749. The van der Waals surface area contributed by atoms with E-state index >= 15 is 0 Å². The monoisotopic (exact) mass is 328 g/mol. The van der Waals surface area contributed by atoms with Gasteiger partial charge in [-0.2, -0.15) is 0 Å². The first-order valence-corrected chi connectivity index (χ1v) is 8.35. The second-order valence-corrected chi connectivity index (χ2v) is 6.41. The molecule has 0 bridgehead atoms. The van der Waals surface area contributed by atoms with E-state index in [1.165, 1.54) is 0 Å². The van der Waals surface area contributed by atoms with Gasteiger partial charge < -0.3 is 18.9 Å². The van der Waals surface area contributed by atoms with Crippen LogP contribution in [0.1, 0.15) is 47.5 Å². The van der Waals surface area contributed by atoms with Crippen molar-refractivity contribution in [3.05, 3.63) is 41.3 Å². The number of fused-ring (bicyclic) bond motifs is 1. The van der Waals surface area contributed by atoms with Crippen LogP contribution in [0.25, 0.3) is 0 Å².